The zero-order valence-electron chi connectivity index (χ0n) is 13.1. The zero-order valence-corrected chi connectivity index (χ0v) is 15.5. The SMILES string of the molecule is Cc1cccc(-c2nc(CC(=O)NCCCCN)cs2)c1.Cl.Cl. The van der Waals surface area contributed by atoms with Crippen LogP contribution in [-0.2, 0) is 11.2 Å². The van der Waals surface area contributed by atoms with Gasteiger partial charge in [0, 0.05) is 17.5 Å². The van der Waals surface area contributed by atoms with Gasteiger partial charge in [0.2, 0.25) is 5.91 Å². The van der Waals surface area contributed by atoms with Crippen molar-refractivity contribution in [1.82, 2.24) is 10.3 Å². The quantitative estimate of drug-likeness (QED) is 0.728. The molecule has 1 amide bonds. The summed E-state index contributed by atoms with van der Waals surface area (Å²) in [7, 11) is 0. The van der Waals surface area contributed by atoms with E-state index in [0.717, 1.165) is 29.1 Å². The average Bonchev–Trinajstić information content (AvgIpc) is 2.92. The molecule has 0 bridgehead atoms. The molecule has 0 saturated heterocycles. The molecule has 1 heterocycles. The van der Waals surface area contributed by atoms with E-state index >= 15 is 0 Å². The summed E-state index contributed by atoms with van der Waals surface area (Å²) in [6.07, 6.45) is 2.20. The van der Waals surface area contributed by atoms with Crippen LogP contribution in [-0.4, -0.2) is 24.0 Å². The van der Waals surface area contributed by atoms with Gasteiger partial charge in [-0.15, -0.1) is 36.2 Å². The number of hydrogen-bond donors (Lipinski definition) is 2. The van der Waals surface area contributed by atoms with Crippen molar-refractivity contribution >= 4 is 42.1 Å². The molecule has 0 aliphatic heterocycles. The van der Waals surface area contributed by atoms with Gasteiger partial charge >= 0.3 is 0 Å². The normalized spacial score (nSPS) is 9.65. The predicted molar refractivity (Wildman–Crippen MR) is 102 cm³/mol. The Balaban J connectivity index is 0.00000242. The minimum absolute atomic E-state index is 0. The van der Waals surface area contributed by atoms with Crippen LogP contribution < -0.4 is 11.1 Å². The number of carbonyl (C=O) groups is 1. The molecule has 0 fully saturated rings. The van der Waals surface area contributed by atoms with E-state index in [1.807, 2.05) is 17.5 Å². The van der Waals surface area contributed by atoms with Crippen molar-refractivity contribution in [2.24, 2.45) is 5.73 Å². The van der Waals surface area contributed by atoms with Crippen molar-refractivity contribution < 1.29 is 4.79 Å². The van der Waals surface area contributed by atoms with Gasteiger partial charge in [0.15, 0.2) is 0 Å². The van der Waals surface area contributed by atoms with Crippen LogP contribution in [0.2, 0.25) is 0 Å². The molecule has 1 aromatic carbocycles. The van der Waals surface area contributed by atoms with E-state index < -0.39 is 0 Å². The van der Waals surface area contributed by atoms with Gasteiger partial charge in [0.25, 0.3) is 0 Å². The van der Waals surface area contributed by atoms with Gasteiger partial charge in [-0.05, 0) is 32.4 Å². The molecule has 0 atom stereocenters. The number of carbonyl (C=O) groups excluding carboxylic acids is 1. The Morgan fingerprint density at radius 1 is 1.30 bits per heavy atom. The molecule has 2 aromatic rings. The van der Waals surface area contributed by atoms with Gasteiger partial charge in [0.05, 0.1) is 12.1 Å². The first-order valence-corrected chi connectivity index (χ1v) is 8.05. The Morgan fingerprint density at radius 2 is 2.09 bits per heavy atom. The smallest absolute Gasteiger partial charge is 0.226 e. The number of rotatable bonds is 7. The minimum Gasteiger partial charge on any atom is -0.356 e. The number of nitrogens with one attached hydrogen (secondary N) is 1. The first-order valence-electron chi connectivity index (χ1n) is 7.17. The summed E-state index contributed by atoms with van der Waals surface area (Å²) in [6.45, 7) is 3.42. The molecule has 0 aliphatic rings. The maximum atomic E-state index is 11.8. The monoisotopic (exact) mass is 375 g/mol. The molecule has 3 N–H and O–H groups in total. The molecule has 0 radical (unpaired) electrons. The number of thiazole rings is 1. The standard InChI is InChI=1S/C16H21N3OS.2ClH/c1-12-5-4-6-13(9-12)16-19-14(11-21-16)10-15(20)18-8-3-2-7-17;;/h4-6,9,11H,2-3,7-8,10,17H2,1H3,(H,18,20);2*1H. The average molecular weight is 376 g/mol. The number of nitrogens with two attached hydrogens (primary N) is 1. The number of nitrogens with zero attached hydrogens (tertiary/aromatic N) is 1. The highest BCUT2D eigenvalue weighted by Gasteiger charge is 2.08. The predicted octanol–water partition coefficient (Wildman–Crippen LogP) is 3.36. The first-order chi connectivity index (χ1) is 10.2. The summed E-state index contributed by atoms with van der Waals surface area (Å²) >= 11 is 1.58. The molecular weight excluding hydrogens is 353 g/mol. The number of amides is 1. The molecule has 4 nitrogen and oxygen atoms in total. The van der Waals surface area contributed by atoms with Crippen molar-refractivity contribution in [3.05, 3.63) is 40.9 Å². The molecule has 1 aromatic heterocycles. The molecule has 0 unspecified atom stereocenters. The number of unbranched alkanes of at least 4 members (excludes halogenated alkanes) is 1. The van der Waals surface area contributed by atoms with Crippen molar-refractivity contribution in [1.29, 1.82) is 0 Å². The van der Waals surface area contributed by atoms with E-state index in [-0.39, 0.29) is 30.7 Å². The summed E-state index contributed by atoms with van der Waals surface area (Å²) in [5.41, 5.74) is 8.56. The molecule has 23 heavy (non-hydrogen) atoms. The van der Waals surface area contributed by atoms with Gasteiger partial charge in [-0.25, -0.2) is 4.98 Å². The molecule has 0 aliphatic carbocycles. The van der Waals surface area contributed by atoms with Crippen LogP contribution >= 0.6 is 36.2 Å². The summed E-state index contributed by atoms with van der Waals surface area (Å²) in [4.78, 5) is 16.3. The number of aryl methyl sites for hydroxylation is 1. The molecule has 2 rings (SSSR count). The highest BCUT2D eigenvalue weighted by molar-refractivity contribution is 7.13. The molecular formula is C16H23Cl2N3OS. The second-order valence-corrected chi connectivity index (χ2v) is 5.89. The van der Waals surface area contributed by atoms with Gasteiger partial charge in [0.1, 0.15) is 5.01 Å². The lowest BCUT2D eigenvalue weighted by atomic mass is 10.1. The van der Waals surface area contributed by atoms with E-state index in [0.29, 0.717) is 19.5 Å². The third kappa shape index (κ3) is 7.31. The summed E-state index contributed by atoms with van der Waals surface area (Å²) in [6, 6.07) is 8.24. The number of benzene rings is 1. The van der Waals surface area contributed by atoms with Gasteiger partial charge in [-0.3, -0.25) is 4.79 Å². The minimum atomic E-state index is 0. The zero-order chi connectivity index (χ0) is 15.1. The molecule has 128 valence electrons. The summed E-state index contributed by atoms with van der Waals surface area (Å²) in [5.74, 6) is 0.0214. The maximum Gasteiger partial charge on any atom is 0.226 e. The Bertz CT molecular complexity index is 605. The lowest BCUT2D eigenvalue weighted by Gasteiger charge is -2.02. The Hall–Kier alpha value is -1.14. The lowest BCUT2D eigenvalue weighted by molar-refractivity contribution is -0.120. The van der Waals surface area contributed by atoms with E-state index in [1.165, 1.54) is 5.56 Å². The van der Waals surface area contributed by atoms with Crippen molar-refractivity contribution in [3.63, 3.8) is 0 Å². The molecule has 7 heteroatoms. The van der Waals surface area contributed by atoms with Crippen LogP contribution in [0.3, 0.4) is 0 Å². The van der Waals surface area contributed by atoms with Gasteiger partial charge in [-0.1, -0.05) is 23.8 Å². The van der Waals surface area contributed by atoms with E-state index in [9.17, 15) is 4.79 Å². The van der Waals surface area contributed by atoms with Crippen LogP contribution in [0.5, 0.6) is 0 Å². The van der Waals surface area contributed by atoms with Crippen molar-refractivity contribution in [2.45, 2.75) is 26.2 Å². The largest absolute Gasteiger partial charge is 0.356 e. The topological polar surface area (TPSA) is 68.0 Å². The summed E-state index contributed by atoms with van der Waals surface area (Å²) < 4.78 is 0. The fourth-order valence-corrected chi connectivity index (χ4v) is 2.84. The second-order valence-electron chi connectivity index (χ2n) is 5.04. The van der Waals surface area contributed by atoms with Gasteiger partial charge in [-0.2, -0.15) is 0 Å². The van der Waals surface area contributed by atoms with Crippen molar-refractivity contribution in [3.8, 4) is 10.6 Å². The maximum absolute atomic E-state index is 11.8. The summed E-state index contributed by atoms with van der Waals surface area (Å²) in [5, 5.41) is 5.81. The fourth-order valence-electron chi connectivity index (χ4n) is 2.02. The first kappa shape index (κ1) is 21.9. The van der Waals surface area contributed by atoms with Crippen LogP contribution in [0.4, 0.5) is 0 Å². The second kappa shape index (κ2) is 11.4. The highest BCUT2D eigenvalue weighted by atomic mass is 35.5. The fraction of sp³-hybridized carbons (Fsp3) is 0.375. The third-order valence-electron chi connectivity index (χ3n) is 3.11. The van der Waals surface area contributed by atoms with Crippen LogP contribution in [0.1, 0.15) is 24.1 Å². The van der Waals surface area contributed by atoms with Crippen LogP contribution in [0, 0.1) is 6.92 Å². The van der Waals surface area contributed by atoms with Crippen LogP contribution in [0.15, 0.2) is 29.6 Å². The lowest BCUT2D eigenvalue weighted by Crippen LogP contribution is -2.26. The van der Waals surface area contributed by atoms with Gasteiger partial charge < -0.3 is 11.1 Å². The van der Waals surface area contributed by atoms with Crippen LogP contribution in [0.25, 0.3) is 10.6 Å². The Kier molecular flexibility index (Phi) is 10.8. The van der Waals surface area contributed by atoms with E-state index in [4.69, 9.17) is 5.73 Å². The molecule has 0 saturated carbocycles. The van der Waals surface area contributed by atoms with E-state index in [1.54, 1.807) is 11.3 Å². The van der Waals surface area contributed by atoms with Crippen molar-refractivity contribution in [2.75, 3.05) is 13.1 Å². The highest BCUT2D eigenvalue weighted by Crippen LogP contribution is 2.24. The molecule has 0 spiro atoms. The Labute approximate surface area is 153 Å². The van der Waals surface area contributed by atoms with E-state index in [2.05, 4.69) is 29.4 Å². The number of aromatic nitrogens is 1. The Morgan fingerprint density at radius 3 is 2.78 bits per heavy atom. The third-order valence-corrected chi connectivity index (χ3v) is 4.05. The number of hydrogen-bond acceptors (Lipinski definition) is 4. The number of halogens is 2.